The molecule has 1 nitrogen and oxygen atoms in total. The van der Waals surface area contributed by atoms with Crippen LogP contribution in [0.5, 0.6) is 0 Å². The van der Waals surface area contributed by atoms with Crippen molar-refractivity contribution in [3.63, 3.8) is 0 Å². The quantitative estimate of drug-likeness (QED) is 0.274. The SMILES string of the molecule is C=C(/C=C\C(=C)C(=C)/C(F)=C(/F)C(=C)OC)CC.C=CC.CC. The normalized spacial score (nSPS) is 10.2. The zero-order valence-electron chi connectivity index (χ0n) is 15.1. The number of hydrogen-bond donors (Lipinski definition) is 0. The van der Waals surface area contributed by atoms with E-state index in [1.807, 2.05) is 27.7 Å². The van der Waals surface area contributed by atoms with Gasteiger partial charge in [0.1, 0.15) is 5.76 Å². The van der Waals surface area contributed by atoms with Gasteiger partial charge in [0.05, 0.1) is 7.11 Å². The van der Waals surface area contributed by atoms with E-state index in [1.165, 1.54) is 13.2 Å². The lowest BCUT2D eigenvalue weighted by Gasteiger charge is -2.06. The van der Waals surface area contributed by atoms with Crippen LogP contribution in [0.25, 0.3) is 0 Å². The van der Waals surface area contributed by atoms with Crippen LogP contribution in [-0.4, -0.2) is 7.11 Å². The third kappa shape index (κ3) is 12.1. The lowest BCUT2D eigenvalue weighted by Crippen LogP contribution is -1.93. The van der Waals surface area contributed by atoms with E-state index in [0.717, 1.165) is 12.0 Å². The fraction of sp³-hybridized carbons (Fsp3) is 0.300. The van der Waals surface area contributed by atoms with E-state index in [1.54, 1.807) is 12.2 Å². The summed E-state index contributed by atoms with van der Waals surface area (Å²) in [5, 5.41) is 0. The number of rotatable bonds is 7. The zero-order valence-corrected chi connectivity index (χ0v) is 15.1. The summed E-state index contributed by atoms with van der Waals surface area (Å²) in [5.41, 5.74) is 0.974. The summed E-state index contributed by atoms with van der Waals surface area (Å²) in [4.78, 5) is 0. The third-order valence-electron chi connectivity index (χ3n) is 2.31. The fourth-order valence-electron chi connectivity index (χ4n) is 0.922. The smallest absolute Gasteiger partial charge is 0.200 e. The van der Waals surface area contributed by atoms with Gasteiger partial charge >= 0.3 is 0 Å². The summed E-state index contributed by atoms with van der Waals surface area (Å²) in [6, 6.07) is 0. The lowest BCUT2D eigenvalue weighted by molar-refractivity contribution is 0.281. The average Bonchev–Trinajstić information content (AvgIpc) is 2.58. The minimum Gasteiger partial charge on any atom is -0.494 e. The van der Waals surface area contributed by atoms with Crippen molar-refractivity contribution in [2.24, 2.45) is 0 Å². The highest BCUT2D eigenvalue weighted by atomic mass is 19.2. The Labute approximate surface area is 140 Å². The molecule has 0 rings (SSSR count). The second kappa shape index (κ2) is 16.2. The van der Waals surface area contributed by atoms with Crippen molar-refractivity contribution in [1.29, 1.82) is 0 Å². The minimum absolute atomic E-state index is 0.147. The number of allylic oxidation sites excluding steroid dienone is 8. The molecule has 0 aliphatic carbocycles. The van der Waals surface area contributed by atoms with E-state index >= 15 is 0 Å². The van der Waals surface area contributed by atoms with Crippen molar-refractivity contribution in [1.82, 2.24) is 0 Å². The van der Waals surface area contributed by atoms with Crippen LogP contribution in [0.3, 0.4) is 0 Å². The minimum atomic E-state index is -1.17. The molecule has 0 aliphatic heterocycles. The van der Waals surface area contributed by atoms with Crippen LogP contribution >= 0.6 is 0 Å². The van der Waals surface area contributed by atoms with Crippen molar-refractivity contribution in [3.8, 4) is 0 Å². The molecule has 0 unspecified atom stereocenters. The molecule has 130 valence electrons. The molecular formula is C20H30F2O. The molecule has 0 aliphatic rings. The highest BCUT2D eigenvalue weighted by Crippen LogP contribution is 2.26. The van der Waals surface area contributed by atoms with E-state index < -0.39 is 11.7 Å². The molecule has 0 aromatic carbocycles. The molecule has 0 spiro atoms. The van der Waals surface area contributed by atoms with E-state index in [4.69, 9.17) is 0 Å². The van der Waals surface area contributed by atoms with E-state index in [2.05, 4.69) is 37.6 Å². The number of halogens is 2. The molecule has 0 heterocycles. The largest absolute Gasteiger partial charge is 0.494 e. The lowest BCUT2D eigenvalue weighted by atomic mass is 10.1. The first-order chi connectivity index (χ1) is 10.8. The van der Waals surface area contributed by atoms with Crippen molar-refractivity contribution in [3.05, 3.63) is 85.3 Å². The summed E-state index contributed by atoms with van der Waals surface area (Å²) in [5.74, 6) is -2.69. The third-order valence-corrected chi connectivity index (χ3v) is 2.31. The van der Waals surface area contributed by atoms with Crippen LogP contribution in [0.15, 0.2) is 85.3 Å². The summed E-state index contributed by atoms with van der Waals surface area (Å²) in [6.45, 7) is 25.2. The zero-order chi connectivity index (χ0) is 19.0. The van der Waals surface area contributed by atoms with Gasteiger partial charge in [0, 0.05) is 5.57 Å². The first-order valence-electron chi connectivity index (χ1n) is 7.36. The van der Waals surface area contributed by atoms with E-state index in [9.17, 15) is 8.78 Å². The summed E-state index contributed by atoms with van der Waals surface area (Å²) < 4.78 is 31.5. The second-order valence-electron chi connectivity index (χ2n) is 4.01. The van der Waals surface area contributed by atoms with Crippen LogP contribution in [0.2, 0.25) is 0 Å². The standard InChI is InChI=1S/C15H18F2O.C3H6.C2H6/c1-7-10(2)8-9-11(3)12(4)14(16)15(17)13(5)18-6;1-3-2;1-2/h8-9H,2-5,7H2,1,6H3;3H,1H2,2H3;1-2H3/b9-8-,15-14-;;. The number of methoxy groups -OCH3 is 1. The van der Waals surface area contributed by atoms with Gasteiger partial charge in [-0.05, 0) is 18.9 Å². The predicted octanol–water partition coefficient (Wildman–Crippen LogP) is 7.15. The van der Waals surface area contributed by atoms with Gasteiger partial charge in [-0.25, -0.2) is 4.39 Å². The Bertz CT molecular complexity index is 480. The van der Waals surface area contributed by atoms with E-state index in [-0.39, 0.29) is 16.9 Å². The van der Waals surface area contributed by atoms with Gasteiger partial charge in [0.15, 0.2) is 5.83 Å². The summed E-state index contributed by atoms with van der Waals surface area (Å²) in [7, 11) is 1.21. The maximum atomic E-state index is 13.6. The monoisotopic (exact) mass is 324 g/mol. The summed E-state index contributed by atoms with van der Waals surface area (Å²) in [6.07, 6.45) is 5.74. The highest BCUT2D eigenvalue weighted by molar-refractivity contribution is 5.49. The Kier molecular flexibility index (Phi) is 18.2. The van der Waals surface area contributed by atoms with Crippen LogP contribution in [-0.2, 0) is 4.74 Å². The van der Waals surface area contributed by atoms with Crippen molar-refractivity contribution in [2.45, 2.75) is 34.1 Å². The van der Waals surface area contributed by atoms with Crippen LogP contribution in [0.1, 0.15) is 34.1 Å². The van der Waals surface area contributed by atoms with Gasteiger partial charge < -0.3 is 4.74 Å². The van der Waals surface area contributed by atoms with Gasteiger partial charge in [0.25, 0.3) is 0 Å². The Morgan fingerprint density at radius 2 is 1.43 bits per heavy atom. The molecule has 0 aromatic heterocycles. The van der Waals surface area contributed by atoms with Crippen LogP contribution in [0, 0.1) is 0 Å². The molecule has 0 N–H and O–H groups in total. The summed E-state index contributed by atoms with van der Waals surface area (Å²) >= 11 is 0. The van der Waals surface area contributed by atoms with Crippen molar-refractivity contribution < 1.29 is 13.5 Å². The van der Waals surface area contributed by atoms with Gasteiger partial charge in [-0.2, -0.15) is 4.39 Å². The van der Waals surface area contributed by atoms with Crippen molar-refractivity contribution in [2.75, 3.05) is 7.11 Å². The van der Waals surface area contributed by atoms with Gasteiger partial charge in [-0.15, -0.1) is 6.58 Å². The first kappa shape index (κ1) is 25.8. The molecule has 0 fully saturated rings. The Hall–Kier alpha value is -2.16. The van der Waals surface area contributed by atoms with Gasteiger partial charge in [0.2, 0.25) is 5.83 Å². The Balaban J connectivity index is -0.000000710. The average molecular weight is 324 g/mol. The molecule has 0 bridgehead atoms. The molecular weight excluding hydrogens is 294 g/mol. The predicted molar refractivity (Wildman–Crippen MR) is 99.5 cm³/mol. The topological polar surface area (TPSA) is 9.23 Å². The molecule has 0 saturated heterocycles. The van der Waals surface area contributed by atoms with Crippen LogP contribution in [0.4, 0.5) is 8.78 Å². The number of hydrogen-bond acceptors (Lipinski definition) is 1. The maximum absolute atomic E-state index is 13.6. The molecule has 0 radical (unpaired) electrons. The molecule has 0 aromatic rings. The molecule has 0 amide bonds. The van der Waals surface area contributed by atoms with E-state index in [0.29, 0.717) is 0 Å². The Morgan fingerprint density at radius 3 is 1.78 bits per heavy atom. The van der Waals surface area contributed by atoms with Crippen molar-refractivity contribution >= 4 is 0 Å². The maximum Gasteiger partial charge on any atom is 0.200 e. The van der Waals surface area contributed by atoms with Gasteiger partial charge in [-0.3, -0.25) is 0 Å². The van der Waals surface area contributed by atoms with Crippen LogP contribution < -0.4 is 0 Å². The first-order valence-corrected chi connectivity index (χ1v) is 7.36. The highest BCUT2D eigenvalue weighted by Gasteiger charge is 2.14. The molecule has 0 atom stereocenters. The fourth-order valence-corrected chi connectivity index (χ4v) is 0.922. The van der Waals surface area contributed by atoms with Gasteiger partial charge in [-0.1, -0.05) is 70.9 Å². The number of ether oxygens (including phenoxy) is 1. The Morgan fingerprint density at radius 1 is 1.00 bits per heavy atom. The molecule has 3 heteroatoms. The molecule has 23 heavy (non-hydrogen) atoms. The second-order valence-corrected chi connectivity index (χ2v) is 4.01. The molecule has 0 saturated carbocycles.